The molecule has 0 aromatic heterocycles. The van der Waals surface area contributed by atoms with Crippen LogP contribution in [0.3, 0.4) is 0 Å². The van der Waals surface area contributed by atoms with E-state index in [4.69, 9.17) is 0 Å². The summed E-state index contributed by atoms with van der Waals surface area (Å²) in [6.45, 7) is 3.15. The van der Waals surface area contributed by atoms with Gasteiger partial charge in [0.2, 0.25) is 0 Å². The van der Waals surface area contributed by atoms with Crippen molar-refractivity contribution in [1.29, 1.82) is 0 Å². The second-order valence-corrected chi connectivity index (χ2v) is 5.00. The molecule has 0 bridgehead atoms. The lowest BCUT2D eigenvalue weighted by atomic mass is 10.1. The quantitative estimate of drug-likeness (QED) is 0.737. The smallest absolute Gasteiger partial charge is 0.0206 e. The molecule has 1 N–H and O–H groups in total. The highest BCUT2D eigenvalue weighted by atomic mass is 15.1. The maximum absolute atomic E-state index is 3.48. The predicted octanol–water partition coefficient (Wildman–Crippen LogP) is 2.22. The number of hydrogen-bond donors (Lipinski definition) is 1. The summed E-state index contributed by atoms with van der Waals surface area (Å²) in [5.41, 5.74) is 2.95. The van der Waals surface area contributed by atoms with Gasteiger partial charge in [-0.3, -0.25) is 0 Å². The first-order valence-corrected chi connectivity index (χ1v) is 6.20. The van der Waals surface area contributed by atoms with Crippen LogP contribution in [0.1, 0.15) is 29.9 Å². The molecule has 0 unspecified atom stereocenters. The van der Waals surface area contributed by atoms with Gasteiger partial charge in [0.05, 0.1) is 0 Å². The zero-order valence-electron chi connectivity index (χ0n) is 10.4. The second-order valence-electron chi connectivity index (χ2n) is 5.00. The fraction of sp³-hybridized carbons (Fsp3) is 0.571. The molecule has 1 aliphatic carbocycles. The number of nitrogens with zero attached hydrogens (tertiary/aromatic N) is 1. The number of likely N-dealkylation sites (N-methyl/N-ethyl adjacent to an activating group) is 1. The van der Waals surface area contributed by atoms with Crippen molar-refractivity contribution in [2.45, 2.75) is 25.3 Å². The zero-order chi connectivity index (χ0) is 11.4. The lowest BCUT2D eigenvalue weighted by Gasteiger charge is -2.10. The van der Waals surface area contributed by atoms with Crippen molar-refractivity contribution in [3.05, 3.63) is 35.4 Å². The van der Waals surface area contributed by atoms with Gasteiger partial charge in [0, 0.05) is 19.6 Å². The van der Waals surface area contributed by atoms with Crippen LogP contribution in [0.15, 0.2) is 24.3 Å². The lowest BCUT2D eigenvalue weighted by molar-refractivity contribution is 0.400. The molecule has 2 nitrogen and oxygen atoms in total. The molecule has 1 aromatic rings. The van der Waals surface area contributed by atoms with E-state index >= 15 is 0 Å². The topological polar surface area (TPSA) is 15.3 Å². The van der Waals surface area contributed by atoms with Gasteiger partial charge in [-0.1, -0.05) is 24.3 Å². The number of hydrogen-bond acceptors (Lipinski definition) is 2. The molecule has 0 saturated heterocycles. The van der Waals surface area contributed by atoms with E-state index in [2.05, 4.69) is 48.6 Å². The molecule has 0 heterocycles. The molecule has 88 valence electrons. The summed E-state index contributed by atoms with van der Waals surface area (Å²) < 4.78 is 0. The Labute approximate surface area is 98.7 Å². The van der Waals surface area contributed by atoms with Gasteiger partial charge in [-0.2, -0.15) is 0 Å². The highest BCUT2D eigenvalue weighted by Crippen LogP contribution is 2.40. The van der Waals surface area contributed by atoms with Gasteiger partial charge in [-0.05, 0) is 44.0 Å². The largest absolute Gasteiger partial charge is 0.311 e. The maximum atomic E-state index is 3.48. The Bertz CT molecular complexity index is 329. The summed E-state index contributed by atoms with van der Waals surface area (Å²) in [6.07, 6.45) is 2.77. The van der Waals surface area contributed by atoms with Crippen molar-refractivity contribution in [3.8, 4) is 0 Å². The van der Waals surface area contributed by atoms with Gasteiger partial charge in [-0.25, -0.2) is 0 Å². The van der Waals surface area contributed by atoms with Gasteiger partial charge in [0.15, 0.2) is 0 Å². The molecule has 2 rings (SSSR count). The van der Waals surface area contributed by atoms with Crippen LogP contribution in [0.4, 0.5) is 0 Å². The zero-order valence-corrected chi connectivity index (χ0v) is 10.4. The van der Waals surface area contributed by atoms with Gasteiger partial charge in [-0.15, -0.1) is 0 Å². The minimum Gasteiger partial charge on any atom is -0.311 e. The molecule has 0 aliphatic heterocycles. The minimum absolute atomic E-state index is 0.863. The Morgan fingerprint density at radius 3 is 2.81 bits per heavy atom. The van der Waals surface area contributed by atoms with Gasteiger partial charge >= 0.3 is 0 Å². The van der Waals surface area contributed by atoms with Crippen LogP contribution in [0.2, 0.25) is 0 Å². The number of nitrogens with one attached hydrogen (secondary N) is 1. The monoisotopic (exact) mass is 218 g/mol. The number of rotatable bonds is 6. The third kappa shape index (κ3) is 3.62. The van der Waals surface area contributed by atoms with E-state index in [1.165, 1.54) is 24.0 Å². The Morgan fingerprint density at radius 2 is 2.12 bits per heavy atom. The normalized spacial score (nSPS) is 15.7. The van der Waals surface area contributed by atoms with E-state index < -0.39 is 0 Å². The third-order valence-electron chi connectivity index (χ3n) is 3.06. The van der Waals surface area contributed by atoms with Crippen molar-refractivity contribution in [3.63, 3.8) is 0 Å². The molecule has 1 fully saturated rings. The summed E-state index contributed by atoms with van der Waals surface area (Å²) in [6, 6.07) is 9.03. The average Bonchev–Trinajstić information content (AvgIpc) is 3.08. The Morgan fingerprint density at radius 1 is 1.31 bits per heavy atom. The van der Waals surface area contributed by atoms with Crippen LogP contribution in [0.5, 0.6) is 0 Å². The molecule has 0 radical (unpaired) electrons. The van der Waals surface area contributed by atoms with Crippen molar-refractivity contribution >= 4 is 0 Å². The van der Waals surface area contributed by atoms with E-state index in [-0.39, 0.29) is 0 Å². The Balaban J connectivity index is 1.77. The summed E-state index contributed by atoms with van der Waals surface area (Å²) >= 11 is 0. The molecule has 0 amide bonds. The first-order valence-electron chi connectivity index (χ1n) is 6.20. The van der Waals surface area contributed by atoms with E-state index in [1.807, 2.05) is 0 Å². The van der Waals surface area contributed by atoms with Crippen LogP contribution >= 0.6 is 0 Å². The first kappa shape index (κ1) is 11.6. The summed E-state index contributed by atoms with van der Waals surface area (Å²) in [5.74, 6) is 0.863. The highest BCUT2D eigenvalue weighted by Gasteiger charge is 2.23. The summed E-state index contributed by atoms with van der Waals surface area (Å²) in [4.78, 5) is 2.20. The first-order chi connectivity index (χ1) is 7.75. The molecule has 16 heavy (non-hydrogen) atoms. The molecule has 0 spiro atoms. The third-order valence-corrected chi connectivity index (χ3v) is 3.06. The molecule has 0 atom stereocenters. The van der Waals surface area contributed by atoms with E-state index in [0.29, 0.717) is 0 Å². The van der Waals surface area contributed by atoms with Crippen molar-refractivity contribution in [1.82, 2.24) is 10.2 Å². The van der Waals surface area contributed by atoms with Crippen LogP contribution in [0.25, 0.3) is 0 Å². The molecular weight excluding hydrogens is 196 g/mol. The molecule has 1 saturated carbocycles. The van der Waals surface area contributed by atoms with Crippen molar-refractivity contribution in [2.75, 3.05) is 27.2 Å². The molecule has 1 aliphatic rings. The average molecular weight is 218 g/mol. The Hall–Kier alpha value is -0.860. The molecule has 2 heteroatoms. The van der Waals surface area contributed by atoms with Crippen LogP contribution in [-0.4, -0.2) is 32.1 Å². The number of benzene rings is 1. The fourth-order valence-corrected chi connectivity index (χ4v) is 1.91. The van der Waals surface area contributed by atoms with E-state index in [1.54, 1.807) is 0 Å². The fourth-order valence-electron chi connectivity index (χ4n) is 1.91. The predicted molar refractivity (Wildman–Crippen MR) is 68.7 cm³/mol. The lowest BCUT2D eigenvalue weighted by Crippen LogP contribution is -2.26. The van der Waals surface area contributed by atoms with Gasteiger partial charge in [0.25, 0.3) is 0 Å². The van der Waals surface area contributed by atoms with Crippen molar-refractivity contribution in [2.24, 2.45) is 0 Å². The summed E-state index contributed by atoms with van der Waals surface area (Å²) in [7, 11) is 4.21. The Kier molecular flexibility index (Phi) is 3.97. The van der Waals surface area contributed by atoms with E-state index in [0.717, 1.165) is 25.6 Å². The van der Waals surface area contributed by atoms with Crippen LogP contribution in [0, 0.1) is 0 Å². The van der Waals surface area contributed by atoms with E-state index in [9.17, 15) is 0 Å². The van der Waals surface area contributed by atoms with Crippen LogP contribution < -0.4 is 5.32 Å². The minimum atomic E-state index is 0.863. The van der Waals surface area contributed by atoms with Gasteiger partial charge < -0.3 is 10.2 Å². The second kappa shape index (κ2) is 5.46. The molecule has 1 aromatic carbocycles. The highest BCUT2D eigenvalue weighted by molar-refractivity contribution is 5.29. The van der Waals surface area contributed by atoms with Crippen molar-refractivity contribution < 1.29 is 0 Å². The summed E-state index contributed by atoms with van der Waals surface area (Å²) in [5, 5.41) is 3.48. The molecular formula is C14H22N2. The van der Waals surface area contributed by atoms with Gasteiger partial charge in [0.1, 0.15) is 0 Å². The standard InChI is InChI=1S/C14H22N2/c1-16(2)9-8-15-11-12-4-3-5-14(10-12)13-6-7-13/h3-5,10,13,15H,6-9,11H2,1-2H3. The maximum Gasteiger partial charge on any atom is 0.0206 e. The SMILES string of the molecule is CN(C)CCNCc1cccc(C2CC2)c1. The van der Waals surface area contributed by atoms with Crippen LogP contribution in [-0.2, 0) is 6.54 Å².